The molecule has 21 heavy (non-hydrogen) atoms. The first-order chi connectivity index (χ1) is 9.71. The number of carbonyl (C=O) groups is 1. The van der Waals surface area contributed by atoms with Gasteiger partial charge in [0, 0.05) is 12.1 Å². The minimum absolute atomic E-state index is 0.497. The van der Waals surface area contributed by atoms with Gasteiger partial charge in [0.05, 0.1) is 12.7 Å². The average molecular weight is 293 g/mol. The highest BCUT2D eigenvalue weighted by Gasteiger charge is 2.40. The van der Waals surface area contributed by atoms with E-state index in [-0.39, 0.29) is 0 Å². The summed E-state index contributed by atoms with van der Waals surface area (Å²) >= 11 is 0. The minimum atomic E-state index is -0.613. The predicted molar refractivity (Wildman–Crippen MR) is 80.7 cm³/mol. The summed E-state index contributed by atoms with van der Waals surface area (Å²) in [5, 5.41) is 12.8. The van der Waals surface area contributed by atoms with Crippen molar-refractivity contribution in [2.75, 3.05) is 12.4 Å². The molecule has 0 spiro atoms. The number of hydrogen-bond donors (Lipinski definition) is 2. The quantitative estimate of drug-likeness (QED) is 0.895. The van der Waals surface area contributed by atoms with Crippen molar-refractivity contribution in [1.29, 1.82) is 0 Å². The van der Waals surface area contributed by atoms with Crippen LogP contribution in [0.5, 0.6) is 5.75 Å². The summed E-state index contributed by atoms with van der Waals surface area (Å²) in [6.45, 7) is 5.44. The molecule has 1 fully saturated rings. The monoisotopic (exact) mass is 293 g/mol. The molecular weight excluding hydrogens is 270 g/mol. The number of nitrogens with one attached hydrogen (secondary N) is 1. The summed E-state index contributed by atoms with van der Waals surface area (Å²) in [7, 11) is 1.59. The van der Waals surface area contributed by atoms with Crippen molar-refractivity contribution in [3.63, 3.8) is 0 Å². The second kappa shape index (κ2) is 5.56. The van der Waals surface area contributed by atoms with E-state index in [2.05, 4.69) is 5.32 Å². The van der Waals surface area contributed by atoms with Crippen molar-refractivity contribution >= 4 is 11.8 Å². The van der Waals surface area contributed by atoms with E-state index in [1.165, 1.54) is 0 Å². The number of anilines is 1. The molecule has 1 saturated carbocycles. The lowest BCUT2D eigenvalue weighted by Gasteiger charge is -2.20. The van der Waals surface area contributed by atoms with Gasteiger partial charge in [0.1, 0.15) is 11.4 Å². The molecule has 1 aromatic carbocycles. The third-order valence-electron chi connectivity index (χ3n) is 3.27. The molecule has 116 valence electrons. The van der Waals surface area contributed by atoms with E-state index >= 15 is 0 Å². The highest BCUT2D eigenvalue weighted by molar-refractivity contribution is 5.85. The average Bonchev–Trinajstić information content (AvgIpc) is 3.04. The zero-order chi connectivity index (χ0) is 15.7. The lowest BCUT2D eigenvalue weighted by Crippen LogP contribution is -2.27. The smallest absolute Gasteiger partial charge is 0.412 e. The van der Waals surface area contributed by atoms with Crippen molar-refractivity contribution in [2.45, 2.75) is 51.2 Å². The van der Waals surface area contributed by atoms with Crippen LogP contribution < -0.4 is 10.1 Å². The van der Waals surface area contributed by atoms with Gasteiger partial charge in [-0.15, -0.1) is 0 Å². The molecule has 2 rings (SSSR count). The Morgan fingerprint density at radius 2 is 2.05 bits per heavy atom. The Morgan fingerprint density at radius 1 is 1.38 bits per heavy atom. The third kappa shape index (κ3) is 4.63. The van der Waals surface area contributed by atoms with Crippen molar-refractivity contribution in [3.05, 3.63) is 23.8 Å². The van der Waals surface area contributed by atoms with E-state index in [1.807, 2.05) is 26.8 Å². The van der Waals surface area contributed by atoms with Gasteiger partial charge in [0.25, 0.3) is 0 Å². The van der Waals surface area contributed by atoms with Crippen LogP contribution in [0, 0.1) is 0 Å². The molecule has 1 aliphatic carbocycles. The second-order valence-corrected chi connectivity index (χ2v) is 6.55. The van der Waals surface area contributed by atoms with Gasteiger partial charge in [-0.1, -0.05) is 0 Å². The first-order valence-electron chi connectivity index (χ1n) is 7.10. The van der Waals surface area contributed by atoms with E-state index in [1.54, 1.807) is 19.2 Å². The van der Waals surface area contributed by atoms with Crippen LogP contribution >= 0.6 is 0 Å². The zero-order valence-electron chi connectivity index (χ0n) is 13.0. The highest BCUT2D eigenvalue weighted by atomic mass is 16.6. The minimum Gasteiger partial charge on any atom is -0.496 e. The largest absolute Gasteiger partial charge is 0.496 e. The maximum absolute atomic E-state index is 11.8. The van der Waals surface area contributed by atoms with Crippen LogP contribution in [0.1, 0.15) is 39.2 Å². The molecule has 0 aromatic heterocycles. The van der Waals surface area contributed by atoms with E-state index < -0.39 is 17.3 Å². The van der Waals surface area contributed by atoms with Gasteiger partial charge in [0.2, 0.25) is 0 Å². The lowest BCUT2D eigenvalue weighted by atomic mass is 10.0. The Balaban J connectivity index is 2.10. The standard InChI is InChI=1S/C16H23NO4/c1-15(2,3)21-14(18)17-12-5-6-13(20-4)11(9-12)10-16(19)7-8-16/h5-6,9,19H,7-8,10H2,1-4H3,(H,17,18). The van der Waals surface area contributed by atoms with Crippen LogP contribution in [0.4, 0.5) is 10.5 Å². The van der Waals surface area contributed by atoms with Gasteiger partial charge in [-0.2, -0.15) is 0 Å². The molecule has 1 amide bonds. The number of carbonyl (C=O) groups excluding carboxylic acids is 1. The maximum atomic E-state index is 11.8. The van der Waals surface area contributed by atoms with Gasteiger partial charge in [-0.25, -0.2) is 4.79 Å². The lowest BCUT2D eigenvalue weighted by molar-refractivity contribution is 0.0636. The Hall–Kier alpha value is -1.75. The molecule has 0 saturated heterocycles. The number of rotatable bonds is 4. The zero-order valence-corrected chi connectivity index (χ0v) is 13.0. The van der Waals surface area contributed by atoms with Crippen molar-refractivity contribution < 1.29 is 19.4 Å². The summed E-state index contributed by atoms with van der Waals surface area (Å²) in [5.74, 6) is 0.713. The second-order valence-electron chi connectivity index (χ2n) is 6.55. The van der Waals surface area contributed by atoms with Crippen molar-refractivity contribution in [1.82, 2.24) is 0 Å². The summed E-state index contributed by atoms with van der Waals surface area (Å²) in [6.07, 6.45) is 1.64. The third-order valence-corrected chi connectivity index (χ3v) is 3.27. The number of methoxy groups -OCH3 is 1. The van der Waals surface area contributed by atoms with Crippen LogP contribution in [0.25, 0.3) is 0 Å². The Kier molecular flexibility index (Phi) is 4.14. The van der Waals surface area contributed by atoms with Gasteiger partial charge in [0.15, 0.2) is 0 Å². The fraction of sp³-hybridized carbons (Fsp3) is 0.562. The van der Waals surface area contributed by atoms with Crippen LogP contribution in [-0.2, 0) is 11.2 Å². The molecule has 0 heterocycles. The molecule has 1 aromatic rings. The summed E-state index contributed by atoms with van der Waals surface area (Å²) < 4.78 is 10.5. The SMILES string of the molecule is COc1ccc(NC(=O)OC(C)(C)C)cc1CC1(O)CC1. The Bertz CT molecular complexity index is 530. The van der Waals surface area contributed by atoms with Crippen molar-refractivity contribution in [2.24, 2.45) is 0 Å². The summed E-state index contributed by atoms with van der Waals surface area (Å²) in [6, 6.07) is 5.36. The highest BCUT2D eigenvalue weighted by Crippen LogP contribution is 2.40. The van der Waals surface area contributed by atoms with E-state index in [4.69, 9.17) is 9.47 Å². The normalized spacial score (nSPS) is 16.2. The molecule has 0 radical (unpaired) electrons. The number of benzene rings is 1. The predicted octanol–water partition coefficient (Wildman–Crippen LogP) is 3.11. The molecule has 0 unspecified atom stereocenters. The van der Waals surface area contributed by atoms with Crippen LogP contribution in [0.3, 0.4) is 0 Å². The van der Waals surface area contributed by atoms with Crippen LogP contribution in [0.15, 0.2) is 18.2 Å². The first-order valence-corrected chi connectivity index (χ1v) is 7.10. The number of hydrogen-bond acceptors (Lipinski definition) is 4. The fourth-order valence-corrected chi connectivity index (χ4v) is 2.09. The molecule has 5 heteroatoms. The molecule has 0 bridgehead atoms. The van der Waals surface area contributed by atoms with Gasteiger partial charge < -0.3 is 14.6 Å². The van der Waals surface area contributed by atoms with Crippen LogP contribution in [-0.4, -0.2) is 29.5 Å². The molecule has 5 nitrogen and oxygen atoms in total. The topological polar surface area (TPSA) is 67.8 Å². The van der Waals surface area contributed by atoms with E-state index in [9.17, 15) is 9.90 Å². The van der Waals surface area contributed by atoms with E-state index in [0.717, 1.165) is 18.4 Å². The molecule has 2 N–H and O–H groups in total. The fourth-order valence-electron chi connectivity index (χ4n) is 2.09. The van der Waals surface area contributed by atoms with E-state index in [0.29, 0.717) is 17.9 Å². The molecule has 0 atom stereocenters. The first kappa shape index (κ1) is 15.6. The maximum Gasteiger partial charge on any atom is 0.412 e. The summed E-state index contributed by atoms with van der Waals surface area (Å²) in [5.41, 5.74) is 0.357. The summed E-state index contributed by atoms with van der Waals surface area (Å²) in [4.78, 5) is 11.8. The van der Waals surface area contributed by atoms with Crippen molar-refractivity contribution in [3.8, 4) is 5.75 Å². The molecular formula is C16H23NO4. The number of amides is 1. The van der Waals surface area contributed by atoms with Crippen LogP contribution in [0.2, 0.25) is 0 Å². The Morgan fingerprint density at radius 3 is 2.57 bits per heavy atom. The van der Waals surface area contributed by atoms with Gasteiger partial charge in [-0.3, -0.25) is 5.32 Å². The number of aliphatic hydroxyl groups is 1. The van der Waals surface area contributed by atoms with Gasteiger partial charge >= 0.3 is 6.09 Å². The number of ether oxygens (including phenoxy) is 2. The Labute approximate surface area is 125 Å². The molecule has 1 aliphatic rings. The van der Waals surface area contributed by atoms with Gasteiger partial charge in [-0.05, 0) is 57.4 Å². The molecule has 0 aliphatic heterocycles.